The van der Waals surface area contributed by atoms with Crippen LogP contribution in [0.3, 0.4) is 0 Å². The normalized spacial score (nSPS) is 14.4. The van der Waals surface area contributed by atoms with Crippen LogP contribution in [-0.4, -0.2) is 44.6 Å². The Morgan fingerprint density at radius 2 is 1.94 bits per heavy atom. The number of rotatable bonds is 5. The lowest BCUT2D eigenvalue weighted by molar-refractivity contribution is 0.370. The average Bonchev–Trinajstić information content (AvgIpc) is 3.25. The van der Waals surface area contributed by atoms with Gasteiger partial charge in [-0.2, -0.15) is 0 Å². The van der Waals surface area contributed by atoms with E-state index >= 15 is 0 Å². The lowest BCUT2D eigenvalue weighted by atomic mass is 10.0. The minimum Gasteiger partial charge on any atom is -0.340 e. The number of imidazole rings is 1. The van der Waals surface area contributed by atoms with Crippen LogP contribution in [0.5, 0.6) is 0 Å². The van der Waals surface area contributed by atoms with Gasteiger partial charge in [0.2, 0.25) is 0 Å². The first kappa shape index (κ1) is 20.2. The van der Waals surface area contributed by atoms with E-state index in [9.17, 15) is 0 Å². The highest BCUT2D eigenvalue weighted by Gasteiger charge is 2.12. The molecule has 0 bridgehead atoms. The third-order valence-corrected chi connectivity index (χ3v) is 5.96. The van der Waals surface area contributed by atoms with Crippen LogP contribution in [0.25, 0.3) is 33.3 Å². The van der Waals surface area contributed by atoms with Crippen molar-refractivity contribution in [3.63, 3.8) is 0 Å². The van der Waals surface area contributed by atoms with E-state index in [0.29, 0.717) is 0 Å². The van der Waals surface area contributed by atoms with Gasteiger partial charge >= 0.3 is 0 Å². The molecule has 0 spiro atoms. The summed E-state index contributed by atoms with van der Waals surface area (Å²) in [5, 5.41) is 5.58. The molecule has 160 valence electrons. The molecule has 5 rings (SSSR count). The number of fused-ring (bicyclic) bond motifs is 1. The first-order valence-corrected chi connectivity index (χ1v) is 10.7. The van der Waals surface area contributed by atoms with Crippen LogP contribution < -0.4 is 5.32 Å². The van der Waals surface area contributed by atoms with Crippen molar-refractivity contribution in [2.75, 3.05) is 25.5 Å². The Bertz CT molecular complexity index is 1330. The largest absolute Gasteiger partial charge is 0.340 e. The number of hydrogen-bond acceptors (Lipinski definition) is 5. The number of pyridine rings is 2. The second-order valence-corrected chi connectivity index (χ2v) is 8.30. The molecular formula is C26H26N6. The molecule has 6 heteroatoms. The molecule has 0 aliphatic carbocycles. The van der Waals surface area contributed by atoms with Crippen molar-refractivity contribution in [2.24, 2.45) is 7.05 Å². The van der Waals surface area contributed by atoms with Gasteiger partial charge in [0.05, 0.1) is 23.9 Å². The summed E-state index contributed by atoms with van der Waals surface area (Å²) in [6.45, 7) is 6.27. The van der Waals surface area contributed by atoms with Crippen LogP contribution >= 0.6 is 0 Å². The third kappa shape index (κ3) is 4.05. The number of hydrogen-bond donors (Lipinski definition) is 1. The molecule has 1 aliphatic rings. The van der Waals surface area contributed by atoms with Crippen molar-refractivity contribution < 1.29 is 0 Å². The zero-order chi connectivity index (χ0) is 22.1. The smallest absolute Gasteiger partial charge is 0.130 e. The summed E-state index contributed by atoms with van der Waals surface area (Å²) >= 11 is 0. The summed E-state index contributed by atoms with van der Waals surface area (Å²) in [4.78, 5) is 15.7. The molecule has 32 heavy (non-hydrogen) atoms. The van der Waals surface area contributed by atoms with Crippen molar-refractivity contribution in [3.8, 4) is 11.3 Å². The van der Waals surface area contributed by atoms with Crippen molar-refractivity contribution in [1.29, 1.82) is 0 Å². The van der Waals surface area contributed by atoms with Gasteiger partial charge in [-0.05, 0) is 48.7 Å². The van der Waals surface area contributed by atoms with Gasteiger partial charge in [0.15, 0.2) is 0 Å². The highest BCUT2D eigenvalue weighted by Crippen LogP contribution is 2.27. The van der Waals surface area contributed by atoms with E-state index in [1.807, 2.05) is 42.6 Å². The van der Waals surface area contributed by atoms with Crippen molar-refractivity contribution in [2.45, 2.75) is 6.42 Å². The molecule has 3 aromatic heterocycles. The molecule has 6 nitrogen and oxygen atoms in total. The Morgan fingerprint density at radius 3 is 2.72 bits per heavy atom. The SMILES string of the molecule is C=C(Nc1cc2cc(-c3cncn3C)ccc2cn1)c1ccnc(C2=CCN(C)CC2)c1. The lowest BCUT2D eigenvalue weighted by Gasteiger charge is -2.21. The molecule has 0 atom stereocenters. The summed E-state index contributed by atoms with van der Waals surface area (Å²) in [5.74, 6) is 0.765. The zero-order valence-corrected chi connectivity index (χ0v) is 18.4. The summed E-state index contributed by atoms with van der Waals surface area (Å²) in [7, 11) is 4.14. The molecule has 0 fully saturated rings. The highest BCUT2D eigenvalue weighted by atomic mass is 15.1. The van der Waals surface area contributed by atoms with Crippen LogP contribution in [0.1, 0.15) is 17.7 Å². The number of aromatic nitrogens is 4. The van der Waals surface area contributed by atoms with E-state index in [1.165, 1.54) is 5.57 Å². The second kappa shape index (κ2) is 8.40. The number of anilines is 1. The second-order valence-electron chi connectivity index (χ2n) is 8.30. The van der Waals surface area contributed by atoms with Gasteiger partial charge in [-0.3, -0.25) is 4.98 Å². The van der Waals surface area contributed by atoms with Gasteiger partial charge in [-0.15, -0.1) is 0 Å². The van der Waals surface area contributed by atoms with Gasteiger partial charge in [0, 0.05) is 54.7 Å². The maximum absolute atomic E-state index is 4.58. The zero-order valence-electron chi connectivity index (χ0n) is 18.4. The minimum atomic E-state index is 0.765. The van der Waals surface area contributed by atoms with Gasteiger partial charge in [-0.1, -0.05) is 24.8 Å². The number of likely N-dealkylation sites (N-methyl/N-ethyl adjacent to an activating group) is 1. The maximum atomic E-state index is 4.58. The Balaban J connectivity index is 1.39. The third-order valence-electron chi connectivity index (χ3n) is 5.96. The van der Waals surface area contributed by atoms with E-state index in [4.69, 9.17) is 0 Å². The predicted molar refractivity (Wildman–Crippen MR) is 131 cm³/mol. The van der Waals surface area contributed by atoms with Gasteiger partial charge in [-0.25, -0.2) is 9.97 Å². The van der Waals surface area contributed by atoms with Gasteiger partial charge in [0.25, 0.3) is 0 Å². The molecule has 4 heterocycles. The molecule has 0 saturated carbocycles. The van der Waals surface area contributed by atoms with Crippen LogP contribution in [-0.2, 0) is 7.05 Å². The Labute approximate surface area is 188 Å². The van der Waals surface area contributed by atoms with Crippen LogP contribution in [0.15, 0.2) is 74.0 Å². The molecule has 0 saturated heterocycles. The first-order valence-electron chi connectivity index (χ1n) is 10.7. The van der Waals surface area contributed by atoms with E-state index in [0.717, 1.165) is 64.3 Å². The average molecular weight is 423 g/mol. The Hall–Kier alpha value is -3.77. The molecule has 1 aliphatic heterocycles. The van der Waals surface area contributed by atoms with E-state index in [1.54, 1.807) is 0 Å². The molecule has 0 unspecified atom stereocenters. The minimum absolute atomic E-state index is 0.765. The van der Waals surface area contributed by atoms with Crippen LogP contribution in [0.2, 0.25) is 0 Å². The molecule has 1 aromatic carbocycles. The quantitative estimate of drug-likeness (QED) is 0.499. The molecule has 0 radical (unpaired) electrons. The number of nitrogens with zero attached hydrogens (tertiary/aromatic N) is 5. The van der Waals surface area contributed by atoms with E-state index < -0.39 is 0 Å². The summed E-state index contributed by atoms with van der Waals surface area (Å²) in [6.07, 6.45) is 10.7. The summed E-state index contributed by atoms with van der Waals surface area (Å²) in [6, 6.07) is 12.5. The topological polar surface area (TPSA) is 58.9 Å². The van der Waals surface area contributed by atoms with Gasteiger partial charge in [0.1, 0.15) is 5.82 Å². The number of benzene rings is 1. The fraction of sp³-hybridized carbons (Fsp3) is 0.192. The summed E-state index contributed by atoms with van der Waals surface area (Å²) < 4.78 is 2.02. The molecular weight excluding hydrogens is 396 g/mol. The Morgan fingerprint density at radius 1 is 1.03 bits per heavy atom. The summed E-state index contributed by atoms with van der Waals surface area (Å²) in [5.41, 5.74) is 6.33. The van der Waals surface area contributed by atoms with Gasteiger partial charge < -0.3 is 14.8 Å². The van der Waals surface area contributed by atoms with Crippen LogP contribution in [0.4, 0.5) is 5.82 Å². The molecule has 4 aromatic rings. The van der Waals surface area contributed by atoms with E-state index in [2.05, 4.69) is 75.2 Å². The van der Waals surface area contributed by atoms with Crippen molar-refractivity contribution >= 4 is 27.9 Å². The highest BCUT2D eigenvalue weighted by molar-refractivity contribution is 5.89. The maximum Gasteiger partial charge on any atom is 0.130 e. The van der Waals surface area contributed by atoms with E-state index in [-0.39, 0.29) is 0 Å². The standard InChI is InChI=1S/C26H26N6/c1-18(20-6-9-28-24(13-20)19-7-10-31(2)11-8-19)30-26-14-23-12-21(4-5-22(23)15-29-26)25-16-27-17-32(25)3/h4-7,9,12-17H,1,8,10-11H2,2-3H3,(H,29,30). The predicted octanol–water partition coefficient (Wildman–Crippen LogP) is 4.83. The fourth-order valence-electron chi connectivity index (χ4n) is 4.03. The van der Waals surface area contributed by atoms with Crippen molar-refractivity contribution in [1.82, 2.24) is 24.4 Å². The Kier molecular flexibility index (Phi) is 5.29. The molecule has 0 amide bonds. The lowest BCUT2D eigenvalue weighted by Crippen LogP contribution is -2.23. The van der Waals surface area contributed by atoms with Crippen molar-refractivity contribution in [3.05, 3.63) is 85.2 Å². The fourth-order valence-corrected chi connectivity index (χ4v) is 4.03. The van der Waals surface area contributed by atoms with Crippen LogP contribution in [0, 0.1) is 0 Å². The number of aryl methyl sites for hydroxylation is 1. The monoisotopic (exact) mass is 422 g/mol. The molecule has 1 N–H and O–H groups in total. The first-order chi connectivity index (χ1) is 15.6. The number of nitrogens with one attached hydrogen (secondary N) is 1.